The lowest BCUT2D eigenvalue weighted by Gasteiger charge is -2.35. The summed E-state index contributed by atoms with van der Waals surface area (Å²) in [4.78, 5) is 95.2. The van der Waals surface area contributed by atoms with E-state index in [1.54, 1.807) is 138 Å². The number of nitrogens with two attached hydrogens (primary N) is 1. The lowest BCUT2D eigenvalue weighted by atomic mass is 9.77. The van der Waals surface area contributed by atoms with Crippen LogP contribution in [0.3, 0.4) is 0 Å². The van der Waals surface area contributed by atoms with Crippen molar-refractivity contribution in [1.82, 2.24) is 47.8 Å². The third-order valence-corrected chi connectivity index (χ3v) is 26.4. The van der Waals surface area contributed by atoms with E-state index in [1.165, 1.54) is 97.3 Å². The molecule has 0 saturated carbocycles. The lowest BCUT2D eigenvalue weighted by Crippen LogP contribution is -2.45. The third-order valence-electron chi connectivity index (χ3n) is 23.0. The summed E-state index contributed by atoms with van der Waals surface area (Å²) in [5.41, 5.74) is 6.52. The van der Waals surface area contributed by atoms with Gasteiger partial charge in [-0.05, 0) is 253 Å². The van der Waals surface area contributed by atoms with Crippen LogP contribution in [0.2, 0.25) is 0 Å². The molecule has 143 heavy (non-hydrogen) atoms. The standard InChI is InChI=1S/C34H40FN5O7S.C27H34FN5O5.C24H24FN5O3S.C14H17BFNO2.4CH4/c1-21-9-11-24(12-10-21)48(43,44)39-14-13-25-26(17-23(35)18-27(25)39)30-36-28(38-15-16-45-20-22(38)2)19-29(37-30)40(31(41)46-33(3,4)5)32(42)47-34(6,7)8;1-16-15-36-11-10-32(16)21-14-22(33(24(34)37-26(2,3)4)25(35)38-27(5,6)7)31-23(30-21)19-12-17(28)13-20-18(19)8-9-29-20;1-15-3-5-18(6-4-15)34(31,32)30-8-7-19-20(11-17(25)12-21(19)30)24-27-22(26)13-23(28-24)29-9-10-33-14-16(29)2;1-13(2)14(3,4)19-15(18-13)11-7-9(16)8-12-10(11)5-6-17-12;;;;/h9-14,17-19,22H,15-16,20H2,1-8H3;8-9,12-14,16,29H,10-11,15H2,1-7H3;3-8,11-13,16H,9-10,14H2,1-2H3,(H2,26,27,28);5-8,17H,1-4H3;4*1H4/t22-;2*16-;;;;;/m111...../s1. The first kappa shape index (κ1) is 112. The van der Waals surface area contributed by atoms with Gasteiger partial charge in [0.25, 0.3) is 20.0 Å². The van der Waals surface area contributed by atoms with Crippen molar-refractivity contribution >= 4 is 136 Å². The van der Waals surface area contributed by atoms with E-state index >= 15 is 4.39 Å². The Kier molecular flexibility index (Phi) is 34.1. The zero-order chi connectivity index (χ0) is 101. The van der Waals surface area contributed by atoms with Crippen molar-refractivity contribution in [2.24, 2.45) is 0 Å². The molecular formula is C103H131BF4N16O17S2. The van der Waals surface area contributed by atoms with E-state index in [2.05, 4.69) is 34.8 Å². The maximum Gasteiger partial charge on any atom is 0.495 e. The van der Waals surface area contributed by atoms with Gasteiger partial charge in [-0.15, -0.1) is 0 Å². The number of fused-ring (bicyclic) bond motifs is 4. The minimum absolute atomic E-state index is 0. The number of carbonyl (C=O) groups is 4. The summed E-state index contributed by atoms with van der Waals surface area (Å²) in [7, 11) is -8.59. The average Bonchev–Trinajstić information content (AvgIpc) is 1.61. The van der Waals surface area contributed by atoms with Crippen LogP contribution in [0.1, 0.15) is 172 Å². The summed E-state index contributed by atoms with van der Waals surface area (Å²) >= 11 is 0. The molecule has 13 aromatic rings. The number of H-pyrrole nitrogens is 2. The van der Waals surface area contributed by atoms with Gasteiger partial charge in [-0.25, -0.2) is 91.4 Å². The predicted octanol–water partition coefficient (Wildman–Crippen LogP) is 21.1. The lowest BCUT2D eigenvalue weighted by molar-refractivity contribution is 0.00578. The van der Waals surface area contributed by atoms with E-state index in [-0.39, 0.29) is 115 Å². The molecule has 4 aliphatic heterocycles. The number of benzene rings is 6. The number of hydrogen-bond acceptors (Lipinski definition) is 27. The Morgan fingerprint density at radius 1 is 0.427 bits per heavy atom. The molecule has 768 valence electrons. The molecule has 4 fully saturated rings. The summed E-state index contributed by atoms with van der Waals surface area (Å²) in [6, 6.07) is 34.7. The van der Waals surface area contributed by atoms with Gasteiger partial charge in [0.15, 0.2) is 29.1 Å². The number of rotatable bonds is 13. The molecule has 40 heteroatoms. The molecule has 0 unspecified atom stereocenters. The number of halogens is 4. The zero-order valence-corrected chi connectivity index (χ0v) is 83.1. The van der Waals surface area contributed by atoms with Crippen LogP contribution in [0.15, 0.2) is 174 Å². The SMILES string of the molecule is C.C.C.C.CC1(C)OB(c2cc(F)cc3[nH]ccc23)OC1(C)C.C[C@@H]1COCCN1c1cc(N(C(=O)OC(C)(C)C)C(=O)OC(C)(C)C)nc(-c2cc(F)cc3[nH]ccc23)n1.Cc1ccc(S(=O)(=O)n2ccc3c(-c4nc(N(C(=O)OC(C)(C)C)C(=O)OC(C)(C)C)cc(N5CCOC[C@H]5C)n4)cc(F)cc32)cc1.Cc1ccc(S(=O)(=O)n2ccc3c(-c4nc(N)cc(N5CCOC[C@H]5C)n4)cc(F)cc32)cc1. The normalized spacial score (nSPS) is 16.5. The van der Waals surface area contributed by atoms with Gasteiger partial charge >= 0.3 is 31.5 Å². The number of anilines is 6. The average molecular weight is 2020 g/mol. The summed E-state index contributed by atoms with van der Waals surface area (Å²) < 4.78 is 165. The molecule has 33 nitrogen and oxygen atoms in total. The van der Waals surface area contributed by atoms with Crippen LogP contribution in [-0.2, 0) is 62.5 Å². The van der Waals surface area contributed by atoms with Gasteiger partial charge in [0.1, 0.15) is 68.9 Å². The molecule has 7 aromatic heterocycles. The second-order valence-corrected chi connectivity index (χ2v) is 42.9. The van der Waals surface area contributed by atoms with Crippen LogP contribution in [0.4, 0.5) is 71.6 Å². The van der Waals surface area contributed by atoms with Crippen LogP contribution < -0.4 is 35.7 Å². The summed E-state index contributed by atoms with van der Waals surface area (Å²) in [6.07, 6.45) is 2.25. The Labute approximate surface area is 833 Å². The van der Waals surface area contributed by atoms with E-state index in [4.69, 9.17) is 58.2 Å². The Balaban J connectivity index is 0.000000201. The number of hydrogen-bond donors (Lipinski definition) is 3. The topological polar surface area (TPSA) is 381 Å². The highest BCUT2D eigenvalue weighted by molar-refractivity contribution is 7.90. The van der Waals surface area contributed by atoms with Gasteiger partial charge in [0.2, 0.25) is 0 Å². The van der Waals surface area contributed by atoms with Gasteiger partial charge in [-0.3, -0.25) is 0 Å². The Morgan fingerprint density at radius 2 is 0.741 bits per heavy atom. The number of nitrogens with one attached hydrogen (secondary N) is 2. The number of aromatic nitrogens is 10. The molecule has 3 atom stereocenters. The fourth-order valence-corrected chi connectivity index (χ4v) is 18.4. The highest BCUT2D eigenvalue weighted by Crippen LogP contribution is 2.42. The van der Waals surface area contributed by atoms with Crippen LogP contribution in [0, 0.1) is 37.1 Å². The Bertz CT molecular complexity index is 6970. The minimum atomic E-state index is -4.11. The van der Waals surface area contributed by atoms with E-state index in [1.807, 2.05) is 78.2 Å². The number of nitrogen functional groups attached to an aromatic ring is 1. The predicted molar refractivity (Wildman–Crippen MR) is 551 cm³/mol. The number of aryl methyl sites for hydroxylation is 2. The molecule has 4 amide bonds. The van der Waals surface area contributed by atoms with Crippen molar-refractivity contribution in [3.8, 4) is 34.2 Å². The molecule has 4 aliphatic rings. The molecule has 4 N–H and O–H groups in total. The van der Waals surface area contributed by atoms with Gasteiger partial charge in [0, 0.05) is 107 Å². The summed E-state index contributed by atoms with van der Waals surface area (Å²) in [5.74, 6) is -0.433. The number of imide groups is 2. The van der Waals surface area contributed by atoms with Crippen LogP contribution in [0.5, 0.6) is 0 Å². The molecular weight excluding hydrogens is 1880 g/mol. The van der Waals surface area contributed by atoms with Crippen molar-refractivity contribution in [1.29, 1.82) is 0 Å². The third kappa shape index (κ3) is 25.6. The van der Waals surface area contributed by atoms with Crippen molar-refractivity contribution in [3.05, 3.63) is 199 Å². The monoisotopic (exact) mass is 2010 g/mol. The first-order chi connectivity index (χ1) is 65.1. The van der Waals surface area contributed by atoms with Crippen LogP contribution in [-0.4, -0.2) is 207 Å². The van der Waals surface area contributed by atoms with Crippen molar-refractivity contribution in [2.75, 3.05) is 89.5 Å². The van der Waals surface area contributed by atoms with E-state index < -0.39 is 103 Å². The number of nitrogens with zero attached hydrogens (tertiary/aromatic N) is 13. The first-order valence-corrected chi connectivity index (χ1v) is 48.1. The molecule has 6 aromatic carbocycles. The quantitative estimate of drug-likeness (QED) is 0.0548. The number of carbonyl (C=O) groups excluding carboxylic acids is 4. The number of ether oxygens (including phenoxy) is 7. The molecule has 0 bridgehead atoms. The minimum Gasteiger partial charge on any atom is -0.443 e. The molecule has 0 spiro atoms. The van der Waals surface area contributed by atoms with E-state index in [0.717, 1.165) is 46.4 Å². The smallest absolute Gasteiger partial charge is 0.443 e. The first-order valence-electron chi connectivity index (χ1n) is 45.2. The Hall–Kier alpha value is -13.1. The van der Waals surface area contributed by atoms with Crippen molar-refractivity contribution in [3.63, 3.8) is 0 Å². The van der Waals surface area contributed by atoms with E-state index in [9.17, 15) is 49.2 Å². The van der Waals surface area contributed by atoms with Gasteiger partial charge in [-0.1, -0.05) is 65.1 Å². The molecule has 4 saturated heterocycles. The highest BCUT2D eigenvalue weighted by atomic mass is 32.2. The fraction of sp³-hybridized carbons (Fsp3) is 0.417. The maximum absolute atomic E-state index is 15.4. The number of aromatic amines is 2. The van der Waals surface area contributed by atoms with Gasteiger partial charge in [0.05, 0.1) is 89.8 Å². The fourth-order valence-electron chi connectivity index (χ4n) is 15.7. The zero-order valence-electron chi connectivity index (χ0n) is 81.4. The van der Waals surface area contributed by atoms with Gasteiger partial charge in [-0.2, -0.15) is 9.80 Å². The van der Waals surface area contributed by atoms with Crippen molar-refractivity contribution < 1.29 is 96.0 Å². The number of morpholine rings is 3. The van der Waals surface area contributed by atoms with Gasteiger partial charge < -0.3 is 72.9 Å². The molecule has 17 rings (SSSR count). The van der Waals surface area contributed by atoms with Crippen LogP contribution >= 0.6 is 0 Å². The summed E-state index contributed by atoms with van der Waals surface area (Å²) in [5, 5.41) is 2.44. The second-order valence-electron chi connectivity index (χ2n) is 39.3. The van der Waals surface area contributed by atoms with E-state index in [0.29, 0.717) is 114 Å². The number of amides is 4. The highest BCUT2D eigenvalue weighted by Gasteiger charge is 2.52. The maximum atomic E-state index is 15.4. The summed E-state index contributed by atoms with van der Waals surface area (Å²) in [6.45, 7) is 42.1. The van der Waals surface area contributed by atoms with Crippen LogP contribution in [0.25, 0.3) is 77.8 Å². The molecule has 0 radical (unpaired) electrons. The second kappa shape index (κ2) is 43.6. The largest absolute Gasteiger partial charge is 0.495 e. The molecule has 0 aliphatic carbocycles. The van der Waals surface area contributed by atoms with Crippen molar-refractivity contribution in [2.45, 2.75) is 237 Å². The Morgan fingerprint density at radius 3 is 1.09 bits per heavy atom. The molecule has 11 heterocycles.